The molecule has 0 spiro atoms. The van der Waals surface area contributed by atoms with E-state index in [1.165, 1.54) is 0 Å². The van der Waals surface area contributed by atoms with E-state index in [0.29, 0.717) is 26.3 Å². The number of benzene rings is 2. The van der Waals surface area contributed by atoms with E-state index >= 15 is 0 Å². The van der Waals surface area contributed by atoms with E-state index in [2.05, 4.69) is 0 Å². The van der Waals surface area contributed by atoms with Crippen LogP contribution in [0.5, 0.6) is 0 Å². The summed E-state index contributed by atoms with van der Waals surface area (Å²) in [5.74, 6) is -0.993. The number of hydrogen-bond donors (Lipinski definition) is 1. The van der Waals surface area contributed by atoms with E-state index in [1.54, 1.807) is 6.08 Å². The zero-order valence-corrected chi connectivity index (χ0v) is 13.9. The second kappa shape index (κ2) is 8.05. The molecule has 0 aliphatic carbocycles. The van der Waals surface area contributed by atoms with E-state index in [1.807, 2.05) is 47.4 Å². The van der Waals surface area contributed by atoms with E-state index in [0.717, 1.165) is 22.6 Å². The van der Waals surface area contributed by atoms with Crippen molar-refractivity contribution in [2.24, 2.45) is 0 Å². The fourth-order valence-electron chi connectivity index (χ4n) is 3.17. The third kappa shape index (κ3) is 4.13. The minimum absolute atomic E-state index is 0.183. The lowest BCUT2D eigenvalue weighted by Gasteiger charge is -2.31. The Morgan fingerprint density at radius 3 is 2.60 bits per heavy atom. The Labute approximate surface area is 146 Å². The van der Waals surface area contributed by atoms with E-state index in [4.69, 9.17) is 4.74 Å². The van der Waals surface area contributed by atoms with Gasteiger partial charge in [0.15, 0.2) is 0 Å². The fraction of sp³-hybridized carbons (Fsp3) is 0.300. The van der Waals surface area contributed by atoms with E-state index < -0.39 is 12.0 Å². The van der Waals surface area contributed by atoms with Crippen LogP contribution >= 0.6 is 0 Å². The van der Waals surface area contributed by atoms with Gasteiger partial charge in [0.2, 0.25) is 0 Å². The number of fused-ring (bicyclic) bond motifs is 1. The zero-order chi connectivity index (χ0) is 17.6. The lowest BCUT2D eigenvalue weighted by Crippen LogP contribution is -2.44. The minimum atomic E-state index is -0.993. The molecule has 3 rings (SSSR count). The number of aliphatic carboxylic acids is 1. The average molecular weight is 339 g/mol. The Bertz CT molecular complexity index is 788. The van der Waals surface area contributed by atoms with Gasteiger partial charge in [0.25, 0.3) is 0 Å². The third-order valence-electron chi connectivity index (χ3n) is 4.53. The largest absolute Gasteiger partial charge is 0.478 e. The van der Waals surface area contributed by atoms with Crippen LogP contribution in [-0.4, -0.2) is 54.6 Å². The molecule has 0 aromatic heterocycles. The summed E-state index contributed by atoms with van der Waals surface area (Å²) in [5.41, 5.74) is 1.09. The molecule has 1 aliphatic rings. The van der Waals surface area contributed by atoms with Gasteiger partial charge < -0.3 is 14.6 Å². The first-order valence-corrected chi connectivity index (χ1v) is 8.38. The van der Waals surface area contributed by atoms with Gasteiger partial charge in [0.1, 0.15) is 6.29 Å². The second-order valence-corrected chi connectivity index (χ2v) is 6.10. The van der Waals surface area contributed by atoms with Gasteiger partial charge in [0.05, 0.1) is 19.3 Å². The molecule has 25 heavy (non-hydrogen) atoms. The Morgan fingerprint density at radius 1 is 1.16 bits per heavy atom. The van der Waals surface area contributed by atoms with Crippen molar-refractivity contribution >= 4 is 29.1 Å². The number of carboxylic acids is 1. The number of ether oxygens (including phenoxy) is 1. The van der Waals surface area contributed by atoms with Crippen LogP contribution in [0, 0.1) is 0 Å². The van der Waals surface area contributed by atoms with Crippen molar-refractivity contribution < 1.29 is 19.4 Å². The lowest BCUT2D eigenvalue weighted by atomic mass is 9.99. The number of morpholine rings is 1. The van der Waals surface area contributed by atoms with Crippen molar-refractivity contribution in [1.82, 2.24) is 4.90 Å². The molecule has 5 heteroatoms. The first-order chi connectivity index (χ1) is 12.2. The Morgan fingerprint density at radius 2 is 1.88 bits per heavy atom. The van der Waals surface area contributed by atoms with Crippen LogP contribution < -0.4 is 0 Å². The summed E-state index contributed by atoms with van der Waals surface area (Å²) in [6.45, 7) is 2.43. The number of hydrogen-bond acceptors (Lipinski definition) is 4. The maximum Gasteiger partial charge on any atom is 0.331 e. The van der Waals surface area contributed by atoms with Gasteiger partial charge in [-0.05, 0) is 22.4 Å². The molecule has 2 aromatic carbocycles. The molecule has 0 bridgehead atoms. The first-order valence-electron chi connectivity index (χ1n) is 8.38. The highest BCUT2D eigenvalue weighted by molar-refractivity contribution is 5.98. The molecule has 0 saturated carbocycles. The molecule has 0 radical (unpaired) electrons. The van der Waals surface area contributed by atoms with Crippen LogP contribution in [0.3, 0.4) is 0 Å². The molecule has 130 valence electrons. The van der Waals surface area contributed by atoms with Crippen molar-refractivity contribution in [2.45, 2.75) is 12.5 Å². The SMILES string of the molecule is O=CC(CC(=Cc1cccc2ccccc12)C(=O)O)N1CCOCC1. The second-order valence-electron chi connectivity index (χ2n) is 6.10. The summed E-state index contributed by atoms with van der Waals surface area (Å²) in [4.78, 5) is 25.3. The molecule has 1 heterocycles. The summed E-state index contributed by atoms with van der Waals surface area (Å²) in [6, 6.07) is 13.2. The highest BCUT2D eigenvalue weighted by Gasteiger charge is 2.23. The predicted octanol–water partition coefficient (Wildman–Crippen LogP) is 2.60. The van der Waals surface area contributed by atoms with Gasteiger partial charge in [-0.25, -0.2) is 4.79 Å². The summed E-state index contributed by atoms with van der Waals surface area (Å²) in [6.07, 6.45) is 2.70. The number of aldehydes is 1. The number of rotatable bonds is 6. The molecular formula is C20H21NO4. The zero-order valence-electron chi connectivity index (χ0n) is 13.9. The average Bonchev–Trinajstić information content (AvgIpc) is 2.65. The molecule has 0 amide bonds. The predicted molar refractivity (Wildman–Crippen MR) is 96.4 cm³/mol. The van der Waals surface area contributed by atoms with Crippen LogP contribution in [0.1, 0.15) is 12.0 Å². The van der Waals surface area contributed by atoms with E-state index in [-0.39, 0.29) is 12.0 Å². The van der Waals surface area contributed by atoms with Crippen LogP contribution in [0.25, 0.3) is 16.8 Å². The Kier molecular flexibility index (Phi) is 5.58. The van der Waals surface area contributed by atoms with E-state index in [9.17, 15) is 14.7 Å². The third-order valence-corrected chi connectivity index (χ3v) is 4.53. The topological polar surface area (TPSA) is 66.8 Å². The van der Waals surface area contributed by atoms with Crippen LogP contribution in [0.15, 0.2) is 48.0 Å². The summed E-state index contributed by atoms with van der Waals surface area (Å²) >= 11 is 0. The molecule has 5 nitrogen and oxygen atoms in total. The first kappa shape index (κ1) is 17.3. The molecule has 1 aliphatic heterocycles. The molecule has 2 aromatic rings. The monoisotopic (exact) mass is 339 g/mol. The lowest BCUT2D eigenvalue weighted by molar-refractivity contribution is -0.132. The Balaban J connectivity index is 1.90. The molecule has 1 unspecified atom stereocenters. The summed E-state index contributed by atoms with van der Waals surface area (Å²) < 4.78 is 5.30. The van der Waals surface area contributed by atoms with Gasteiger partial charge in [-0.15, -0.1) is 0 Å². The number of nitrogens with zero attached hydrogens (tertiary/aromatic N) is 1. The highest BCUT2D eigenvalue weighted by Crippen LogP contribution is 2.23. The molecule has 1 fully saturated rings. The fourth-order valence-corrected chi connectivity index (χ4v) is 3.17. The normalized spacial score (nSPS) is 17.4. The maximum absolute atomic E-state index is 11.7. The van der Waals surface area contributed by atoms with Crippen molar-refractivity contribution in [3.8, 4) is 0 Å². The smallest absolute Gasteiger partial charge is 0.331 e. The number of carbonyl (C=O) groups is 2. The number of carboxylic acid groups (broad SMARTS) is 1. The van der Waals surface area contributed by atoms with Crippen molar-refractivity contribution in [3.63, 3.8) is 0 Å². The van der Waals surface area contributed by atoms with Crippen molar-refractivity contribution in [1.29, 1.82) is 0 Å². The van der Waals surface area contributed by atoms with Crippen LogP contribution in [-0.2, 0) is 14.3 Å². The highest BCUT2D eigenvalue weighted by atomic mass is 16.5. The standard InChI is InChI=1S/C20H21NO4/c22-14-18(21-8-10-25-11-9-21)13-17(20(23)24)12-16-6-3-5-15-4-1-2-7-19(15)16/h1-7,12,14,18H,8-11,13H2,(H,23,24). The quantitative estimate of drug-likeness (QED) is 0.647. The summed E-state index contributed by atoms with van der Waals surface area (Å²) in [7, 11) is 0. The molecule has 1 N–H and O–H groups in total. The van der Waals surface area contributed by atoms with Crippen LogP contribution in [0.2, 0.25) is 0 Å². The molecule has 1 atom stereocenters. The van der Waals surface area contributed by atoms with Gasteiger partial charge in [-0.3, -0.25) is 4.90 Å². The number of carbonyl (C=O) groups excluding carboxylic acids is 1. The maximum atomic E-state index is 11.7. The van der Waals surface area contributed by atoms with Crippen LogP contribution in [0.4, 0.5) is 0 Å². The van der Waals surface area contributed by atoms with Gasteiger partial charge in [0, 0.05) is 25.1 Å². The van der Waals surface area contributed by atoms with Crippen molar-refractivity contribution in [3.05, 3.63) is 53.6 Å². The summed E-state index contributed by atoms with van der Waals surface area (Å²) in [5, 5.41) is 11.7. The minimum Gasteiger partial charge on any atom is -0.478 e. The van der Waals surface area contributed by atoms with Gasteiger partial charge in [-0.1, -0.05) is 42.5 Å². The van der Waals surface area contributed by atoms with Crippen molar-refractivity contribution in [2.75, 3.05) is 26.3 Å². The molecule has 1 saturated heterocycles. The molecular weight excluding hydrogens is 318 g/mol. The Hall–Kier alpha value is -2.50. The van der Waals surface area contributed by atoms with Gasteiger partial charge in [-0.2, -0.15) is 0 Å². The van der Waals surface area contributed by atoms with Gasteiger partial charge >= 0.3 is 5.97 Å².